The smallest absolute Gasteiger partial charge is 0.267 e. The fourth-order valence-electron chi connectivity index (χ4n) is 2.44. The number of benzene rings is 1. The molecule has 7 heteroatoms. The summed E-state index contributed by atoms with van der Waals surface area (Å²) in [6.45, 7) is 3.32. The van der Waals surface area contributed by atoms with E-state index in [-0.39, 0.29) is 17.9 Å². The molecule has 3 rings (SSSR count). The quantitative estimate of drug-likeness (QED) is 0.903. The number of hydrogen-bond donors (Lipinski definition) is 1. The summed E-state index contributed by atoms with van der Waals surface area (Å²) in [4.78, 5) is 31.0. The molecule has 1 aromatic heterocycles. The van der Waals surface area contributed by atoms with Gasteiger partial charge < -0.3 is 10.1 Å². The maximum absolute atomic E-state index is 12.5. The summed E-state index contributed by atoms with van der Waals surface area (Å²) in [5.41, 5.74) is 1.31. The molecule has 1 N–H and O–H groups in total. The minimum absolute atomic E-state index is 0.0339. The van der Waals surface area contributed by atoms with E-state index in [0.29, 0.717) is 21.4 Å². The lowest BCUT2D eigenvalue weighted by atomic mass is 10.3. The Hall–Kier alpha value is -2.41. The van der Waals surface area contributed by atoms with Gasteiger partial charge in [-0.2, -0.15) is 0 Å². The summed E-state index contributed by atoms with van der Waals surface area (Å²) < 4.78 is 5.10. The molecule has 0 saturated heterocycles. The number of aromatic nitrogens is 1. The lowest BCUT2D eigenvalue weighted by Gasteiger charge is -2.16. The molecule has 1 fully saturated rings. The van der Waals surface area contributed by atoms with Crippen molar-refractivity contribution in [3.05, 3.63) is 34.8 Å². The van der Waals surface area contributed by atoms with Crippen molar-refractivity contribution in [1.82, 2.24) is 4.98 Å². The number of nitrogens with one attached hydrogen (secondary N) is 1. The minimum Gasteiger partial charge on any atom is -0.497 e. The molecule has 0 bridgehead atoms. The van der Waals surface area contributed by atoms with Gasteiger partial charge in [0.25, 0.3) is 5.91 Å². The summed E-state index contributed by atoms with van der Waals surface area (Å²) in [5.74, 6) is 0.472. The maximum atomic E-state index is 12.5. The zero-order valence-electron chi connectivity index (χ0n) is 13.8. The predicted molar refractivity (Wildman–Crippen MR) is 94.0 cm³/mol. The zero-order chi connectivity index (χ0) is 17.3. The first-order valence-electron chi connectivity index (χ1n) is 7.72. The van der Waals surface area contributed by atoms with E-state index in [0.717, 1.165) is 18.6 Å². The Bertz CT molecular complexity index is 766. The number of anilines is 2. The second kappa shape index (κ2) is 6.60. The molecule has 1 aliphatic carbocycles. The molecule has 6 nitrogen and oxygen atoms in total. The standard InChI is InChI=1S/C17H19N3O3S/c1-10-15(16(22)19-12-4-8-14(23-3)9-5-12)24-17(18-10)20(11(2)21)13-6-7-13/h4-5,8-9,13H,6-7H2,1-3H3,(H,19,22). The van der Waals surface area contributed by atoms with Crippen molar-refractivity contribution in [3.63, 3.8) is 0 Å². The van der Waals surface area contributed by atoms with Gasteiger partial charge in [-0.3, -0.25) is 14.5 Å². The Kier molecular flexibility index (Phi) is 4.53. The van der Waals surface area contributed by atoms with Crippen LogP contribution in [0.15, 0.2) is 24.3 Å². The number of hydrogen-bond acceptors (Lipinski definition) is 5. The molecule has 0 aliphatic heterocycles. The zero-order valence-corrected chi connectivity index (χ0v) is 14.6. The Balaban J connectivity index is 1.78. The van der Waals surface area contributed by atoms with Crippen LogP contribution in [0.5, 0.6) is 5.75 Å². The number of methoxy groups -OCH3 is 1. The van der Waals surface area contributed by atoms with Crippen LogP contribution in [0.3, 0.4) is 0 Å². The maximum Gasteiger partial charge on any atom is 0.267 e. The highest BCUT2D eigenvalue weighted by atomic mass is 32.1. The Morgan fingerprint density at radius 2 is 1.96 bits per heavy atom. The molecule has 0 radical (unpaired) electrons. The molecule has 1 saturated carbocycles. The Morgan fingerprint density at radius 1 is 1.29 bits per heavy atom. The number of aryl methyl sites for hydroxylation is 1. The number of ether oxygens (including phenoxy) is 1. The van der Waals surface area contributed by atoms with Gasteiger partial charge in [-0.1, -0.05) is 11.3 Å². The van der Waals surface area contributed by atoms with Crippen LogP contribution in [0, 0.1) is 6.92 Å². The fraction of sp³-hybridized carbons (Fsp3) is 0.353. The van der Waals surface area contributed by atoms with Gasteiger partial charge in [0, 0.05) is 18.7 Å². The van der Waals surface area contributed by atoms with Crippen LogP contribution in [0.2, 0.25) is 0 Å². The van der Waals surface area contributed by atoms with Crippen molar-refractivity contribution in [2.24, 2.45) is 0 Å². The minimum atomic E-state index is -0.222. The summed E-state index contributed by atoms with van der Waals surface area (Å²) in [6.07, 6.45) is 1.98. The first-order valence-corrected chi connectivity index (χ1v) is 8.54. The summed E-state index contributed by atoms with van der Waals surface area (Å²) in [6, 6.07) is 7.35. The van der Waals surface area contributed by atoms with E-state index >= 15 is 0 Å². The van der Waals surface area contributed by atoms with Crippen molar-refractivity contribution in [2.75, 3.05) is 17.3 Å². The van der Waals surface area contributed by atoms with E-state index in [1.54, 1.807) is 43.2 Å². The highest BCUT2D eigenvalue weighted by Gasteiger charge is 2.34. The monoisotopic (exact) mass is 345 g/mol. The third-order valence-corrected chi connectivity index (χ3v) is 4.95. The van der Waals surface area contributed by atoms with Crippen LogP contribution in [0.4, 0.5) is 10.8 Å². The van der Waals surface area contributed by atoms with Crippen molar-refractivity contribution in [1.29, 1.82) is 0 Å². The van der Waals surface area contributed by atoms with Crippen LogP contribution in [0.1, 0.15) is 35.1 Å². The van der Waals surface area contributed by atoms with Crippen molar-refractivity contribution >= 4 is 34.0 Å². The van der Waals surface area contributed by atoms with Crippen molar-refractivity contribution < 1.29 is 14.3 Å². The number of thiazole rings is 1. The molecular formula is C17H19N3O3S. The van der Waals surface area contributed by atoms with Gasteiger partial charge in [0.15, 0.2) is 5.13 Å². The lowest BCUT2D eigenvalue weighted by Crippen LogP contribution is -2.30. The topological polar surface area (TPSA) is 71.5 Å². The molecule has 1 heterocycles. The second-order valence-electron chi connectivity index (χ2n) is 5.71. The lowest BCUT2D eigenvalue weighted by molar-refractivity contribution is -0.116. The second-order valence-corrected chi connectivity index (χ2v) is 6.69. The molecule has 0 spiro atoms. The SMILES string of the molecule is COc1ccc(NC(=O)c2sc(N(C(C)=O)C3CC3)nc2C)cc1. The first-order chi connectivity index (χ1) is 11.5. The molecule has 1 aromatic carbocycles. The van der Waals surface area contributed by atoms with Crippen molar-refractivity contribution in [3.8, 4) is 5.75 Å². The summed E-state index contributed by atoms with van der Waals surface area (Å²) >= 11 is 1.26. The number of carbonyl (C=O) groups is 2. The van der Waals surface area contributed by atoms with Crippen LogP contribution < -0.4 is 15.0 Å². The Morgan fingerprint density at radius 3 is 2.50 bits per heavy atom. The molecule has 24 heavy (non-hydrogen) atoms. The fourth-order valence-corrected chi connectivity index (χ4v) is 3.52. The summed E-state index contributed by atoms with van der Waals surface area (Å²) in [7, 11) is 1.59. The highest BCUT2D eigenvalue weighted by Crippen LogP contribution is 2.35. The van der Waals surface area contributed by atoms with Gasteiger partial charge in [0.05, 0.1) is 12.8 Å². The van der Waals surface area contributed by atoms with Gasteiger partial charge in [-0.25, -0.2) is 4.98 Å². The van der Waals surface area contributed by atoms with E-state index in [1.165, 1.54) is 18.3 Å². The molecule has 2 aromatic rings. The molecular weight excluding hydrogens is 326 g/mol. The van der Waals surface area contributed by atoms with Crippen LogP contribution >= 0.6 is 11.3 Å². The normalized spacial score (nSPS) is 13.5. The molecule has 126 valence electrons. The molecule has 0 atom stereocenters. The van der Waals surface area contributed by atoms with E-state index in [9.17, 15) is 9.59 Å². The average molecular weight is 345 g/mol. The number of carbonyl (C=O) groups excluding carboxylic acids is 2. The van der Waals surface area contributed by atoms with Crippen LogP contribution in [-0.2, 0) is 4.79 Å². The summed E-state index contributed by atoms with van der Waals surface area (Å²) in [5, 5.41) is 3.45. The van der Waals surface area contributed by atoms with Gasteiger partial charge in [-0.15, -0.1) is 0 Å². The van der Waals surface area contributed by atoms with Crippen molar-refractivity contribution in [2.45, 2.75) is 32.7 Å². The van der Waals surface area contributed by atoms with E-state index in [1.807, 2.05) is 0 Å². The first kappa shape index (κ1) is 16.4. The van der Waals surface area contributed by atoms with Gasteiger partial charge >= 0.3 is 0 Å². The third-order valence-electron chi connectivity index (χ3n) is 3.80. The van der Waals surface area contributed by atoms with Gasteiger partial charge in [-0.05, 0) is 44.0 Å². The van der Waals surface area contributed by atoms with E-state index in [2.05, 4.69) is 10.3 Å². The Labute approximate surface area is 144 Å². The van der Waals surface area contributed by atoms with Gasteiger partial charge in [0.1, 0.15) is 10.6 Å². The molecule has 1 aliphatic rings. The van der Waals surface area contributed by atoms with E-state index < -0.39 is 0 Å². The molecule has 0 unspecified atom stereocenters. The number of nitrogens with zero attached hydrogens (tertiary/aromatic N) is 2. The largest absolute Gasteiger partial charge is 0.497 e. The number of rotatable bonds is 5. The predicted octanol–water partition coefficient (Wildman–Crippen LogP) is 3.23. The number of amides is 2. The third kappa shape index (κ3) is 3.41. The van der Waals surface area contributed by atoms with E-state index in [4.69, 9.17) is 4.74 Å². The average Bonchev–Trinajstić information content (AvgIpc) is 3.30. The highest BCUT2D eigenvalue weighted by molar-refractivity contribution is 7.18. The molecule has 2 amide bonds. The van der Waals surface area contributed by atoms with Gasteiger partial charge in [0.2, 0.25) is 5.91 Å². The van der Waals surface area contributed by atoms with Crippen LogP contribution in [0.25, 0.3) is 0 Å². The van der Waals surface area contributed by atoms with Crippen LogP contribution in [-0.4, -0.2) is 29.9 Å².